The number of benzene rings is 2. The lowest BCUT2D eigenvalue weighted by Gasteiger charge is -2.17. The zero-order valence-corrected chi connectivity index (χ0v) is 18.5. The van der Waals surface area contributed by atoms with Gasteiger partial charge >= 0.3 is 0 Å². The van der Waals surface area contributed by atoms with Crippen molar-refractivity contribution in [1.82, 2.24) is 15.1 Å². The number of carbonyl (C=O) groups excluding carboxylic acids is 1. The predicted molar refractivity (Wildman–Crippen MR) is 121 cm³/mol. The van der Waals surface area contributed by atoms with Crippen molar-refractivity contribution in [3.63, 3.8) is 0 Å². The van der Waals surface area contributed by atoms with Gasteiger partial charge in [0.15, 0.2) is 0 Å². The van der Waals surface area contributed by atoms with Gasteiger partial charge in [-0.05, 0) is 67.8 Å². The lowest BCUT2D eigenvalue weighted by molar-refractivity contribution is 0.0679. The highest BCUT2D eigenvalue weighted by Gasteiger charge is 2.17. The average Bonchev–Trinajstić information content (AvgIpc) is 3.52. The number of nitrogens with one attached hydrogen (secondary N) is 1. The number of carbonyl (C=O) groups is 1. The Balaban J connectivity index is 1.37. The number of nitrogens with zero attached hydrogens (tertiary/aromatic N) is 2. The van der Waals surface area contributed by atoms with Crippen molar-refractivity contribution in [2.24, 2.45) is 0 Å². The Labute approximate surface area is 188 Å². The van der Waals surface area contributed by atoms with Gasteiger partial charge in [0.25, 0.3) is 5.91 Å². The van der Waals surface area contributed by atoms with Crippen LogP contribution in [0.25, 0.3) is 0 Å². The SMILES string of the molecule is COc1ccc(C(C)NC(=O)c2ccc(OCC3CCCO3)cc2)cc1Cn1cccn1. The first kappa shape index (κ1) is 21.9. The number of hydrogen-bond donors (Lipinski definition) is 1. The standard InChI is InChI=1S/C25H29N3O4/c1-18(20-8-11-24(30-2)21(15-20)16-28-13-4-12-26-28)27-25(29)19-6-9-22(10-7-19)32-17-23-5-3-14-31-23/h4,6-13,15,18,23H,3,5,14,16-17H2,1-2H3,(H,27,29). The van der Waals surface area contributed by atoms with Crippen LogP contribution in [0.4, 0.5) is 0 Å². The Kier molecular flexibility index (Phi) is 7.07. The molecule has 1 aliphatic heterocycles. The Morgan fingerprint density at radius 3 is 2.81 bits per heavy atom. The molecule has 0 spiro atoms. The smallest absolute Gasteiger partial charge is 0.251 e. The van der Waals surface area contributed by atoms with Gasteiger partial charge in [-0.2, -0.15) is 5.10 Å². The van der Waals surface area contributed by atoms with E-state index in [0.717, 1.165) is 42.1 Å². The molecule has 32 heavy (non-hydrogen) atoms. The van der Waals surface area contributed by atoms with Gasteiger partial charge < -0.3 is 19.5 Å². The molecule has 4 rings (SSSR count). The summed E-state index contributed by atoms with van der Waals surface area (Å²) in [7, 11) is 1.65. The zero-order chi connectivity index (χ0) is 22.3. The molecule has 7 heteroatoms. The molecule has 0 bridgehead atoms. The molecular formula is C25H29N3O4. The van der Waals surface area contributed by atoms with Gasteiger partial charge in [0, 0.05) is 30.1 Å². The maximum atomic E-state index is 12.8. The fourth-order valence-electron chi connectivity index (χ4n) is 3.79. The van der Waals surface area contributed by atoms with Crippen molar-refractivity contribution in [3.05, 3.63) is 77.6 Å². The molecule has 7 nitrogen and oxygen atoms in total. The molecule has 1 amide bonds. The van der Waals surface area contributed by atoms with Crippen molar-refractivity contribution in [2.75, 3.05) is 20.3 Å². The molecule has 3 aromatic rings. The lowest BCUT2D eigenvalue weighted by Crippen LogP contribution is -2.26. The van der Waals surface area contributed by atoms with E-state index in [2.05, 4.69) is 10.4 Å². The third-order valence-electron chi connectivity index (χ3n) is 5.62. The zero-order valence-electron chi connectivity index (χ0n) is 18.5. The molecule has 0 saturated carbocycles. The number of ether oxygens (including phenoxy) is 3. The van der Waals surface area contributed by atoms with E-state index >= 15 is 0 Å². The summed E-state index contributed by atoms with van der Waals surface area (Å²) in [4.78, 5) is 12.8. The van der Waals surface area contributed by atoms with Gasteiger partial charge in [0.2, 0.25) is 0 Å². The minimum absolute atomic E-state index is 0.132. The van der Waals surface area contributed by atoms with E-state index < -0.39 is 0 Å². The largest absolute Gasteiger partial charge is 0.496 e. The summed E-state index contributed by atoms with van der Waals surface area (Å²) in [5.41, 5.74) is 2.59. The monoisotopic (exact) mass is 435 g/mol. The number of aromatic nitrogens is 2. The van der Waals surface area contributed by atoms with E-state index in [1.807, 2.05) is 54.2 Å². The Morgan fingerprint density at radius 2 is 2.12 bits per heavy atom. The van der Waals surface area contributed by atoms with Crippen LogP contribution in [0.2, 0.25) is 0 Å². The summed E-state index contributed by atoms with van der Waals surface area (Å²) < 4.78 is 18.7. The van der Waals surface area contributed by atoms with Crippen LogP contribution in [0.5, 0.6) is 11.5 Å². The fourth-order valence-corrected chi connectivity index (χ4v) is 3.79. The third kappa shape index (κ3) is 5.48. The number of amides is 1. The lowest BCUT2D eigenvalue weighted by atomic mass is 10.0. The van der Waals surface area contributed by atoms with E-state index in [0.29, 0.717) is 18.7 Å². The van der Waals surface area contributed by atoms with Crippen molar-refractivity contribution < 1.29 is 19.0 Å². The van der Waals surface area contributed by atoms with Crippen LogP contribution in [0.1, 0.15) is 47.3 Å². The van der Waals surface area contributed by atoms with Gasteiger partial charge in [-0.3, -0.25) is 9.48 Å². The molecule has 0 radical (unpaired) electrons. The molecule has 168 valence electrons. The van der Waals surface area contributed by atoms with Crippen molar-refractivity contribution in [3.8, 4) is 11.5 Å². The minimum Gasteiger partial charge on any atom is -0.496 e. The molecule has 2 aromatic carbocycles. The highest BCUT2D eigenvalue weighted by Crippen LogP contribution is 2.25. The summed E-state index contributed by atoms with van der Waals surface area (Å²) in [5, 5.41) is 7.34. The highest BCUT2D eigenvalue weighted by molar-refractivity contribution is 5.94. The summed E-state index contributed by atoms with van der Waals surface area (Å²) in [6.07, 6.45) is 5.95. The Morgan fingerprint density at radius 1 is 1.28 bits per heavy atom. The molecule has 1 fully saturated rings. The van der Waals surface area contributed by atoms with Crippen molar-refractivity contribution >= 4 is 5.91 Å². The van der Waals surface area contributed by atoms with E-state index in [1.165, 1.54) is 0 Å². The predicted octanol–water partition coefficient (Wildman–Crippen LogP) is 3.99. The maximum absolute atomic E-state index is 12.8. The fraction of sp³-hybridized carbons (Fsp3) is 0.360. The molecular weight excluding hydrogens is 406 g/mol. The number of methoxy groups -OCH3 is 1. The minimum atomic E-state index is -0.166. The van der Waals surface area contributed by atoms with Crippen LogP contribution in [0.15, 0.2) is 60.9 Å². The molecule has 1 N–H and O–H groups in total. The van der Waals surface area contributed by atoms with Crippen molar-refractivity contribution in [2.45, 2.75) is 38.5 Å². The topological polar surface area (TPSA) is 74.6 Å². The number of hydrogen-bond acceptors (Lipinski definition) is 5. The normalized spacial score (nSPS) is 16.5. The van der Waals surface area contributed by atoms with Crippen LogP contribution >= 0.6 is 0 Å². The van der Waals surface area contributed by atoms with Crippen LogP contribution in [-0.4, -0.2) is 42.1 Å². The van der Waals surface area contributed by atoms with E-state index in [1.54, 1.807) is 25.4 Å². The maximum Gasteiger partial charge on any atom is 0.251 e. The Hall–Kier alpha value is -3.32. The first-order valence-electron chi connectivity index (χ1n) is 10.9. The van der Waals surface area contributed by atoms with Gasteiger partial charge in [0.05, 0.1) is 25.8 Å². The summed E-state index contributed by atoms with van der Waals surface area (Å²) in [6, 6.07) is 14.9. The average molecular weight is 436 g/mol. The van der Waals surface area contributed by atoms with Gasteiger partial charge in [-0.1, -0.05) is 6.07 Å². The molecule has 1 aliphatic rings. The first-order chi connectivity index (χ1) is 15.6. The van der Waals surface area contributed by atoms with Gasteiger partial charge in [-0.25, -0.2) is 0 Å². The van der Waals surface area contributed by atoms with Crippen LogP contribution < -0.4 is 14.8 Å². The molecule has 2 atom stereocenters. The molecule has 1 saturated heterocycles. The quantitative estimate of drug-likeness (QED) is 0.550. The Bertz CT molecular complexity index is 1010. The van der Waals surface area contributed by atoms with E-state index in [9.17, 15) is 4.79 Å². The third-order valence-corrected chi connectivity index (χ3v) is 5.62. The summed E-state index contributed by atoms with van der Waals surface area (Å²) in [6.45, 7) is 3.92. The summed E-state index contributed by atoms with van der Waals surface area (Å²) in [5.74, 6) is 1.40. The van der Waals surface area contributed by atoms with Crippen LogP contribution in [0, 0.1) is 0 Å². The first-order valence-corrected chi connectivity index (χ1v) is 10.9. The second-order valence-corrected chi connectivity index (χ2v) is 7.94. The molecule has 1 aromatic heterocycles. The molecule has 0 aliphatic carbocycles. The molecule has 2 heterocycles. The van der Waals surface area contributed by atoms with Crippen LogP contribution in [0.3, 0.4) is 0 Å². The highest BCUT2D eigenvalue weighted by atomic mass is 16.5. The van der Waals surface area contributed by atoms with Crippen molar-refractivity contribution in [1.29, 1.82) is 0 Å². The number of rotatable bonds is 9. The van der Waals surface area contributed by atoms with E-state index in [4.69, 9.17) is 14.2 Å². The van der Waals surface area contributed by atoms with Gasteiger partial charge in [-0.15, -0.1) is 0 Å². The molecule has 2 unspecified atom stereocenters. The summed E-state index contributed by atoms with van der Waals surface area (Å²) >= 11 is 0. The van der Waals surface area contributed by atoms with Gasteiger partial charge in [0.1, 0.15) is 18.1 Å². The van der Waals surface area contributed by atoms with Crippen LogP contribution in [-0.2, 0) is 11.3 Å². The van der Waals surface area contributed by atoms with E-state index in [-0.39, 0.29) is 18.1 Å². The second kappa shape index (κ2) is 10.3. The second-order valence-electron chi connectivity index (χ2n) is 7.94.